The Bertz CT molecular complexity index is 1310. The van der Waals surface area contributed by atoms with Gasteiger partial charge in [-0.15, -0.1) is 11.3 Å². The molecule has 2 aromatic carbocycles. The molecule has 0 spiro atoms. The Hall–Kier alpha value is -3.25. The fraction of sp³-hybridized carbons (Fsp3) is 0.240. The van der Waals surface area contributed by atoms with Gasteiger partial charge in [0.2, 0.25) is 5.91 Å². The first kappa shape index (κ1) is 21.0. The monoisotopic (exact) mass is 431 g/mol. The zero-order chi connectivity index (χ0) is 22.0. The van der Waals surface area contributed by atoms with Crippen molar-refractivity contribution in [2.75, 3.05) is 0 Å². The molecular weight excluding hydrogens is 406 g/mol. The minimum atomic E-state index is -0.363. The largest absolute Gasteiger partial charge is 0.370 e. The summed E-state index contributed by atoms with van der Waals surface area (Å²) in [4.78, 5) is 30.5. The number of carbonyl (C=O) groups excluding carboxylic acids is 1. The Morgan fingerprint density at radius 3 is 2.58 bits per heavy atom. The quantitative estimate of drug-likeness (QED) is 0.465. The average Bonchev–Trinajstić information content (AvgIpc) is 3.14. The van der Waals surface area contributed by atoms with Crippen molar-refractivity contribution in [3.05, 3.63) is 86.8 Å². The SMILES string of the molecule is Cc1ccc(-c2csc3nc(Cc4ccccc4)n(CCCC(N)=O)c(=O)c23)c(C)c1. The van der Waals surface area contributed by atoms with Gasteiger partial charge in [0.05, 0.1) is 5.39 Å². The van der Waals surface area contributed by atoms with Crippen LogP contribution < -0.4 is 11.3 Å². The third-order valence-electron chi connectivity index (χ3n) is 5.45. The maximum atomic E-state index is 13.7. The van der Waals surface area contributed by atoms with Gasteiger partial charge in [-0.2, -0.15) is 0 Å². The molecule has 2 N–H and O–H groups in total. The molecule has 1 amide bonds. The number of thiophene rings is 1. The first-order valence-electron chi connectivity index (χ1n) is 10.3. The lowest BCUT2D eigenvalue weighted by Gasteiger charge is -2.13. The normalized spacial score (nSPS) is 11.2. The molecule has 4 rings (SSSR count). The summed E-state index contributed by atoms with van der Waals surface area (Å²) in [6, 6.07) is 16.2. The number of nitrogens with two attached hydrogens (primary N) is 1. The number of hydrogen-bond donors (Lipinski definition) is 1. The van der Waals surface area contributed by atoms with E-state index in [1.807, 2.05) is 35.7 Å². The number of rotatable bonds is 7. The van der Waals surface area contributed by atoms with E-state index in [-0.39, 0.29) is 17.9 Å². The highest BCUT2D eigenvalue weighted by Crippen LogP contribution is 2.33. The Balaban J connectivity index is 1.85. The predicted molar refractivity (Wildman–Crippen MR) is 126 cm³/mol. The molecule has 5 nitrogen and oxygen atoms in total. The molecular formula is C25H25N3O2S. The smallest absolute Gasteiger partial charge is 0.262 e. The molecule has 2 heterocycles. The zero-order valence-corrected chi connectivity index (χ0v) is 18.5. The van der Waals surface area contributed by atoms with E-state index in [2.05, 4.69) is 32.0 Å². The van der Waals surface area contributed by atoms with Gasteiger partial charge < -0.3 is 5.73 Å². The Kier molecular flexibility index (Phi) is 6.00. The van der Waals surface area contributed by atoms with Gasteiger partial charge in [0.1, 0.15) is 10.7 Å². The Morgan fingerprint density at radius 2 is 1.87 bits per heavy atom. The Morgan fingerprint density at radius 1 is 1.10 bits per heavy atom. The number of carbonyl (C=O) groups is 1. The molecule has 0 aliphatic rings. The number of aromatic nitrogens is 2. The third kappa shape index (κ3) is 4.44. The van der Waals surface area contributed by atoms with Crippen molar-refractivity contribution in [1.82, 2.24) is 9.55 Å². The summed E-state index contributed by atoms with van der Waals surface area (Å²) in [5.74, 6) is 0.348. The molecule has 0 aliphatic heterocycles. The second kappa shape index (κ2) is 8.86. The molecule has 0 aliphatic carbocycles. The third-order valence-corrected chi connectivity index (χ3v) is 6.33. The van der Waals surface area contributed by atoms with Crippen molar-refractivity contribution in [2.45, 2.75) is 39.7 Å². The number of amides is 1. The van der Waals surface area contributed by atoms with E-state index in [4.69, 9.17) is 10.7 Å². The molecule has 0 saturated heterocycles. The van der Waals surface area contributed by atoms with E-state index < -0.39 is 0 Å². The summed E-state index contributed by atoms with van der Waals surface area (Å²) in [6.07, 6.45) is 1.30. The highest BCUT2D eigenvalue weighted by molar-refractivity contribution is 7.17. The lowest BCUT2D eigenvalue weighted by molar-refractivity contribution is -0.118. The molecule has 4 aromatic rings. The minimum absolute atomic E-state index is 0.0587. The number of fused-ring (bicyclic) bond motifs is 1. The van der Waals surface area contributed by atoms with E-state index in [1.165, 1.54) is 16.9 Å². The fourth-order valence-corrected chi connectivity index (χ4v) is 4.88. The Labute approximate surface area is 185 Å². The second-order valence-electron chi connectivity index (χ2n) is 7.86. The summed E-state index contributed by atoms with van der Waals surface area (Å²) < 4.78 is 1.72. The van der Waals surface area contributed by atoms with Gasteiger partial charge in [0.15, 0.2) is 0 Å². The lowest BCUT2D eigenvalue weighted by atomic mass is 9.99. The van der Waals surface area contributed by atoms with Crippen LogP contribution in [0, 0.1) is 13.8 Å². The van der Waals surface area contributed by atoms with Crippen molar-refractivity contribution < 1.29 is 4.79 Å². The molecule has 0 radical (unpaired) electrons. The summed E-state index contributed by atoms with van der Waals surface area (Å²) in [5.41, 5.74) is 10.6. The van der Waals surface area contributed by atoms with Gasteiger partial charge >= 0.3 is 0 Å². The summed E-state index contributed by atoms with van der Waals surface area (Å²) in [6.45, 7) is 4.54. The number of hydrogen-bond acceptors (Lipinski definition) is 4. The molecule has 31 heavy (non-hydrogen) atoms. The second-order valence-corrected chi connectivity index (χ2v) is 8.72. The lowest BCUT2D eigenvalue weighted by Crippen LogP contribution is -2.26. The maximum Gasteiger partial charge on any atom is 0.262 e. The van der Waals surface area contributed by atoms with Crippen molar-refractivity contribution in [3.63, 3.8) is 0 Å². The van der Waals surface area contributed by atoms with Gasteiger partial charge in [-0.3, -0.25) is 14.2 Å². The summed E-state index contributed by atoms with van der Waals surface area (Å²) >= 11 is 1.50. The first-order valence-corrected chi connectivity index (χ1v) is 11.2. The van der Waals surface area contributed by atoms with Crippen LogP contribution in [0.2, 0.25) is 0 Å². The van der Waals surface area contributed by atoms with E-state index in [1.54, 1.807) is 4.57 Å². The minimum Gasteiger partial charge on any atom is -0.370 e. The van der Waals surface area contributed by atoms with E-state index >= 15 is 0 Å². The number of aryl methyl sites for hydroxylation is 2. The fourth-order valence-electron chi connectivity index (χ4n) is 3.94. The van der Waals surface area contributed by atoms with Crippen LogP contribution in [-0.2, 0) is 17.8 Å². The molecule has 0 atom stereocenters. The first-order chi connectivity index (χ1) is 14.9. The van der Waals surface area contributed by atoms with Crippen molar-refractivity contribution >= 4 is 27.5 Å². The molecule has 0 unspecified atom stereocenters. The van der Waals surface area contributed by atoms with Crippen LogP contribution in [0.3, 0.4) is 0 Å². The standard InChI is InChI=1S/C25H25N3O2S/c1-16-10-11-19(17(2)13-16)20-15-31-24-23(20)25(30)28(12-6-9-21(26)29)22(27-24)14-18-7-4-3-5-8-18/h3-5,7-8,10-11,13,15H,6,9,12,14H2,1-2H3,(H2,26,29). The number of primary amides is 1. The highest BCUT2D eigenvalue weighted by atomic mass is 32.1. The topological polar surface area (TPSA) is 78.0 Å². The van der Waals surface area contributed by atoms with E-state index in [0.29, 0.717) is 30.6 Å². The van der Waals surface area contributed by atoms with Gasteiger partial charge in [-0.25, -0.2) is 4.98 Å². The molecule has 158 valence electrons. The van der Waals surface area contributed by atoms with Crippen LogP contribution in [-0.4, -0.2) is 15.5 Å². The van der Waals surface area contributed by atoms with Crippen LogP contribution in [0.5, 0.6) is 0 Å². The average molecular weight is 432 g/mol. The van der Waals surface area contributed by atoms with Gasteiger partial charge in [0.25, 0.3) is 5.56 Å². The molecule has 0 saturated carbocycles. The maximum absolute atomic E-state index is 13.7. The summed E-state index contributed by atoms with van der Waals surface area (Å²) in [7, 11) is 0. The number of benzene rings is 2. The van der Waals surface area contributed by atoms with Crippen LogP contribution in [0.25, 0.3) is 21.3 Å². The van der Waals surface area contributed by atoms with Crippen LogP contribution in [0.15, 0.2) is 58.7 Å². The molecule has 0 bridgehead atoms. The van der Waals surface area contributed by atoms with Crippen LogP contribution in [0.1, 0.15) is 35.4 Å². The van der Waals surface area contributed by atoms with Crippen molar-refractivity contribution in [2.24, 2.45) is 5.73 Å². The van der Waals surface area contributed by atoms with Gasteiger partial charge in [-0.05, 0) is 37.0 Å². The van der Waals surface area contributed by atoms with Gasteiger partial charge in [0, 0.05) is 30.3 Å². The molecule has 2 aromatic heterocycles. The molecule has 0 fully saturated rings. The molecule has 6 heteroatoms. The summed E-state index contributed by atoms with van der Waals surface area (Å²) in [5, 5.41) is 2.67. The van der Waals surface area contributed by atoms with Gasteiger partial charge in [-0.1, -0.05) is 54.1 Å². The zero-order valence-electron chi connectivity index (χ0n) is 17.7. The van der Waals surface area contributed by atoms with Crippen molar-refractivity contribution in [1.29, 1.82) is 0 Å². The van der Waals surface area contributed by atoms with Crippen LogP contribution in [0.4, 0.5) is 0 Å². The highest BCUT2D eigenvalue weighted by Gasteiger charge is 2.18. The van der Waals surface area contributed by atoms with Crippen molar-refractivity contribution in [3.8, 4) is 11.1 Å². The predicted octanol–water partition coefficient (Wildman–Crippen LogP) is 4.60. The van der Waals surface area contributed by atoms with E-state index in [0.717, 1.165) is 27.1 Å². The number of nitrogens with zero attached hydrogens (tertiary/aromatic N) is 2. The van der Waals surface area contributed by atoms with E-state index in [9.17, 15) is 9.59 Å². The van der Waals surface area contributed by atoms with Crippen LogP contribution >= 0.6 is 11.3 Å².